The van der Waals surface area contributed by atoms with Crippen LogP contribution in [0.1, 0.15) is 41.8 Å². The molecule has 0 aromatic heterocycles. The Morgan fingerprint density at radius 1 is 1.03 bits per heavy atom. The minimum absolute atomic E-state index is 0.0884. The zero-order valence-corrected chi connectivity index (χ0v) is 17.7. The predicted octanol–water partition coefficient (Wildman–Crippen LogP) is 4.34. The van der Waals surface area contributed by atoms with Gasteiger partial charge in [0.2, 0.25) is 0 Å². The van der Waals surface area contributed by atoms with E-state index in [9.17, 15) is 14.4 Å². The molecule has 0 spiro atoms. The van der Waals surface area contributed by atoms with Crippen molar-refractivity contribution in [2.75, 3.05) is 6.61 Å². The maximum absolute atomic E-state index is 13.2. The fourth-order valence-electron chi connectivity index (χ4n) is 4.03. The molecule has 0 saturated heterocycles. The molecule has 1 heterocycles. The Morgan fingerprint density at radius 3 is 2.41 bits per heavy atom. The molecule has 6 nitrogen and oxygen atoms in total. The van der Waals surface area contributed by atoms with Crippen LogP contribution in [0.15, 0.2) is 84.1 Å². The van der Waals surface area contributed by atoms with Crippen molar-refractivity contribution in [2.24, 2.45) is 5.92 Å². The first-order valence-corrected chi connectivity index (χ1v) is 10.7. The lowest BCUT2D eigenvalue weighted by Crippen LogP contribution is -2.37. The van der Waals surface area contributed by atoms with Crippen LogP contribution in [-0.4, -0.2) is 30.4 Å². The quantitative estimate of drug-likeness (QED) is 0.632. The van der Waals surface area contributed by atoms with Crippen LogP contribution >= 0.6 is 0 Å². The molecule has 1 aliphatic carbocycles. The Morgan fingerprint density at radius 2 is 1.72 bits per heavy atom. The van der Waals surface area contributed by atoms with Crippen molar-refractivity contribution < 1.29 is 28.6 Å². The van der Waals surface area contributed by atoms with Gasteiger partial charge in [-0.2, -0.15) is 0 Å². The molecule has 6 heteroatoms. The number of hydrogen-bond acceptors (Lipinski definition) is 6. The fourth-order valence-corrected chi connectivity index (χ4v) is 4.03. The molecule has 2 aromatic carbocycles. The highest BCUT2D eigenvalue weighted by molar-refractivity contribution is 5.99. The first-order chi connectivity index (χ1) is 15.6. The summed E-state index contributed by atoms with van der Waals surface area (Å²) in [6.45, 7) is 1.94. The first-order valence-electron chi connectivity index (χ1n) is 10.7. The normalized spacial score (nSPS) is 22.0. The molecule has 32 heavy (non-hydrogen) atoms. The number of esters is 2. The van der Waals surface area contributed by atoms with Gasteiger partial charge in [-0.15, -0.1) is 0 Å². The van der Waals surface area contributed by atoms with Gasteiger partial charge in [-0.25, -0.2) is 4.79 Å². The van der Waals surface area contributed by atoms with Crippen LogP contribution in [-0.2, 0) is 23.8 Å². The number of allylic oxidation sites excluding steroid dienone is 1. The highest BCUT2D eigenvalue weighted by Crippen LogP contribution is 2.40. The van der Waals surface area contributed by atoms with Crippen LogP contribution in [0, 0.1) is 5.92 Å². The van der Waals surface area contributed by atoms with Crippen molar-refractivity contribution in [3.8, 4) is 0 Å². The number of ether oxygens (including phenoxy) is 3. The molecule has 0 N–H and O–H groups in total. The molecule has 1 aliphatic heterocycles. The maximum atomic E-state index is 13.2. The van der Waals surface area contributed by atoms with E-state index >= 15 is 0 Å². The molecule has 0 unspecified atom stereocenters. The van der Waals surface area contributed by atoms with Gasteiger partial charge in [0.1, 0.15) is 18.0 Å². The lowest BCUT2D eigenvalue weighted by molar-refractivity contribution is -0.144. The molecular formula is C26H24O6. The molecule has 0 amide bonds. The van der Waals surface area contributed by atoms with Crippen LogP contribution < -0.4 is 0 Å². The highest BCUT2D eigenvalue weighted by Gasteiger charge is 2.41. The van der Waals surface area contributed by atoms with Crippen molar-refractivity contribution in [2.45, 2.75) is 32.0 Å². The van der Waals surface area contributed by atoms with E-state index in [4.69, 9.17) is 14.2 Å². The van der Waals surface area contributed by atoms with Crippen molar-refractivity contribution >= 4 is 17.7 Å². The van der Waals surface area contributed by atoms with E-state index in [1.165, 1.54) is 0 Å². The summed E-state index contributed by atoms with van der Waals surface area (Å²) in [5.41, 5.74) is 1.67. The molecule has 0 saturated carbocycles. The Balaban J connectivity index is 1.61. The Kier molecular flexibility index (Phi) is 6.50. The van der Waals surface area contributed by atoms with Gasteiger partial charge in [0.25, 0.3) is 0 Å². The van der Waals surface area contributed by atoms with Gasteiger partial charge < -0.3 is 14.2 Å². The van der Waals surface area contributed by atoms with Gasteiger partial charge in [0, 0.05) is 11.5 Å². The Labute approximate surface area is 186 Å². The zero-order chi connectivity index (χ0) is 22.5. The summed E-state index contributed by atoms with van der Waals surface area (Å²) in [7, 11) is 0. The third kappa shape index (κ3) is 4.64. The largest absolute Gasteiger partial charge is 0.485 e. The summed E-state index contributed by atoms with van der Waals surface area (Å²) in [5.74, 6) is -1.37. The van der Waals surface area contributed by atoms with E-state index in [0.717, 1.165) is 5.56 Å². The second-order valence-corrected chi connectivity index (χ2v) is 7.63. The second-order valence-electron chi connectivity index (χ2n) is 7.63. The number of ketones is 1. The summed E-state index contributed by atoms with van der Waals surface area (Å²) >= 11 is 0. The van der Waals surface area contributed by atoms with Crippen molar-refractivity contribution in [1.29, 1.82) is 0 Å². The molecule has 0 radical (unpaired) electrons. The third-order valence-electron chi connectivity index (χ3n) is 5.53. The van der Waals surface area contributed by atoms with Gasteiger partial charge in [-0.1, -0.05) is 48.5 Å². The summed E-state index contributed by atoms with van der Waals surface area (Å²) in [6, 6.07) is 18.1. The first kappa shape index (κ1) is 21.6. The average Bonchev–Trinajstić information content (AvgIpc) is 2.81. The van der Waals surface area contributed by atoms with E-state index in [2.05, 4.69) is 0 Å². The average molecular weight is 432 g/mol. The fraction of sp³-hybridized carbons (Fsp3) is 0.269. The summed E-state index contributed by atoms with van der Waals surface area (Å²) in [4.78, 5) is 38.2. The molecule has 2 aliphatic rings. The van der Waals surface area contributed by atoms with E-state index < -0.39 is 30.1 Å². The number of carbonyl (C=O) groups excluding carboxylic acids is 3. The van der Waals surface area contributed by atoms with E-state index in [1.54, 1.807) is 49.4 Å². The zero-order valence-electron chi connectivity index (χ0n) is 17.7. The lowest BCUT2D eigenvalue weighted by atomic mass is 9.80. The summed E-state index contributed by atoms with van der Waals surface area (Å²) in [6.07, 6.45) is 2.20. The lowest BCUT2D eigenvalue weighted by Gasteiger charge is -2.35. The molecule has 164 valence electrons. The van der Waals surface area contributed by atoms with Crippen LogP contribution in [0.25, 0.3) is 0 Å². The van der Waals surface area contributed by atoms with Crippen molar-refractivity contribution in [3.05, 3.63) is 95.3 Å². The topological polar surface area (TPSA) is 78.9 Å². The maximum Gasteiger partial charge on any atom is 0.338 e. The predicted molar refractivity (Wildman–Crippen MR) is 116 cm³/mol. The molecular weight excluding hydrogens is 408 g/mol. The summed E-state index contributed by atoms with van der Waals surface area (Å²) < 4.78 is 16.9. The van der Waals surface area contributed by atoms with Crippen molar-refractivity contribution in [3.63, 3.8) is 0 Å². The van der Waals surface area contributed by atoms with Crippen LogP contribution in [0.2, 0.25) is 0 Å². The van der Waals surface area contributed by atoms with E-state index in [-0.39, 0.29) is 25.2 Å². The van der Waals surface area contributed by atoms with Gasteiger partial charge in [-0.3, -0.25) is 9.59 Å². The highest BCUT2D eigenvalue weighted by atomic mass is 16.5. The molecule has 0 fully saturated rings. The Hall–Kier alpha value is -3.67. The molecule has 2 aromatic rings. The molecule has 3 atom stereocenters. The summed E-state index contributed by atoms with van der Waals surface area (Å²) in [5, 5.41) is 0. The number of carbonyl (C=O) groups is 3. The second kappa shape index (κ2) is 9.64. The SMILES string of the molecule is CCOC(=O)C[C@@H]1C2=C(C=C[C@@H]1OC(=O)c1ccccc1)O[C@@H](c1ccccc1)CC2=O. The smallest absolute Gasteiger partial charge is 0.338 e. The van der Waals surface area contributed by atoms with Gasteiger partial charge >= 0.3 is 11.9 Å². The van der Waals surface area contributed by atoms with Crippen molar-refractivity contribution in [1.82, 2.24) is 0 Å². The van der Waals surface area contributed by atoms with E-state index in [0.29, 0.717) is 16.9 Å². The number of hydrogen-bond donors (Lipinski definition) is 0. The Bertz CT molecular complexity index is 1050. The van der Waals surface area contributed by atoms with Gasteiger partial charge in [0.15, 0.2) is 5.78 Å². The number of Topliss-reactive ketones (excluding diaryl/α,β-unsaturated/α-hetero) is 1. The minimum Gasteiger partial charge on any atom is -0.485 e. The van der Waals surface area contributed by atoms with E-state index in [1.807, 2.05) is 30.3 Å². The van der Waals surface area contributed by atoms with Crippen LogP contribution in [0.3, 0.4) is 0 Å². The van der Waals surface area contributed by atoms with Gasteiger partial charge in [-0.05, 0) is 36.8 Å². The monoisotopic (exact) mass is 432 g/mol. The van der Waals surface area contributed by atoms with Crippen LogP contribution in [0.5, 0.6) is 0 Å². The van der Waals surface area contributed by atoms with Gasteiger partial charge in [0.05, 0.1) is 25.0 Å². The minimum atomic E-state index is -0.785. The molecule has 0 bridgehead atoms. The van der Waals surface area contributed by atoms with Crippen LogP contribution in [0.4, 0.5) is 0 Å². The number of benzene rings is 2. The molecule has 4 rings (SSSR count). The third-order valence-corrected chi connectivity index (χ3v) is 5.53. The number of rotatable bonds is 6. The standard InChI is InChI=1S/C26H24O6/c1-2-30-24(28)15-19-21(32-26(29)18-11-7-4-8-12-18)13-14-22-25(19)20(27)16-23(31-22)17-9-5-3-6-10-17/h3-14,19,21,23H,2,15-16H2,1H3/t19-,21-,23+/m0/s1.